The van der Waals surface area contributed by atoms with Crippen molar-refractivity contribution in [2.45, 2.75) is 0 Å². The zero-order valence-electron chi connectivity index (χ0n) is 28.8. The van der Waals surface area contributed by atoms with Crippen molar-refractivity contribution in [2.75, 3.05) is 0 Å². The second-order valence-corrected chi connectivity index (χ2v) is 15.5. The van der Waals surface area contributed by atoms with Gasteiger partial charge >= 0.3 is 0 Å². The quantitative estimate of drug-likeness (QED) is 0.177. The van der Waals surface area contributed by atoms with E-state index in [1.165, 1.54) is 56.9 Å². The number of thiophene rings is 2. The molecule has 7 aromatic carbocycles. The fraction of sp³-hybridized carbons (Fsp3) is 0. The first-order valence-corrected chi connectivity index (χ1v) is 19.5. The molecule has 0 amide bonds. The third-order valence-electron chi connectivity index (χ3n) is 10.2. The van der Waals surface area contributed by atoms with Crippen LogP contribution >= 0.6 is 22.7 Å². The molecular weight excluding hydrogens is 697 g/mol. The predicted octanol–water partition coefficient (Wildman–Crippen LogP) is 13.5. The van der Waals surface area contributed by atoms with Crippen LogP contribution in [0.2, 0.25) is 0 Å². The van der Waals surface area contributed by atoms with Crippen molar-refractivity contribution in [1.29, 1.82) is 0 Å². The van der Waals surface area contributed by atoms with Crippen LogP contribution in [-0.2, 0) is 0 Å². The SMILES string of the molecule is c1ccc(-c2nc(-c3ccc(-c4cccc5c4sc4ccccc45)cc3)nc(-c3ccc(-c4nc5ccccc5c5c4sc4ccccc45)cc3)n2)cc1. The summed E-state index contributed by atoms with van der Waals surface area (Å²) in [6.45, 7) is 0. The van der Waals surface area contributed by atoms with Gasteiger partial charge in [0.15, 0.2) is 17.5 Å². The first-order chi connectivity index (χ1) is 26.7. The zero-order chi connectivity index (χ0) is 35.6. The molecule has 4 nitrogen and oxygen atoms in total. The minimum absolute atomic E-state index is 0.628. The fourth-order valence-corrected chi connectivity index (χ4v) is 10.00. The minimum Gasteiger partial charge on any atom is -0.246 e. The third kappa shape index (κ3) is 5.11. The highest BCUT2D eigenvalue weighted by Gasteiger charge is 2.18. The fourth-order valence-electron chi connectivity index (χ4n) is 7.53. The molecule has 0 saturated carbocycles. The lowest BCUT2D eigenvalue weighted by Gasteiger charge is -2.10. The van der Waals surface area contributed by atoms with Crippen molar-refractivity contribution in [1.82, 2.24) is 19.9 Å². The number of fused-ring (bicyclic) bond motifs is 8. The van der Waals surface area contributed by atoms with Gasteiger partial charge in [0.2, 0.25) is 0 Å². The molecule has 0 fully saturated rings. The highest BCUT2D eigenvalue weighted by Crippen LogP contribution is 2.43. The van der Waals surface area contributed by atoms with Crippen LogP contribution < -0.4 is 0 Å². The van der Waals surface area contributed by atoms with Gasteiger partial charge in [0.25, 0.3) is 0 Å². The van der Waals surface area contributed by atoms with Crippen molar-refractivity contribution in [2.24, 2.45) is 0 Å². The van der Waals surface area contributed by atoms with E-state index in [4.69, 9.17) is 19.9 Å². The van der Waals surface area contributed by atoms with E-state index in [9.17, 15) is 0 Å². The molecule has 0 aliphatic heterocycles. The summed E-state index contributed by atoms with van der Waals surface area (Å²) in [6, 6.07) is 59.5. The van der Waals surface area contributed by atoms with Gasteiger partial charge in [-0.3, -0.25) is 0 Å². The Balaban J connectivity index is 1.00. The van der Waals surface area contributed by atoms with E-state index in [2.05, 4.69) is 140 Å². The number of hydrogen-bond acceptors (Lipinski definition) is 6. The summed E-state index contributed by atoms with van der Waals surface area (Å²) in [5, 5.41) is 6.31. The number of rotatable bonds is 5. The number of pyridine rings is 1. The highest BCUT2D eigenvalue weighted by molar-refractivity contribution is 7.26. The van der Waals surface area contributed by atoms with E-state index in [0.29, 0.717) is 17.5 Å². The van der Waals surface area contributed by atoms with E-state index in [-0.39, 0.29) is 0 Å². The molecule has 11 aromatic rings. The van der Waals surface area contributed by atoms with Gasteiger partial charge in [0.1, 0.15) is 0 Å². The van der Waals surface area contributed by atoms with Crippen molar-refractivity contribution < 1.29 is 0 Å². The molecule has 4 heterocycles. The number of para-hydroxylation sites is 1. The van der Waals surface area contributed by atoms with Gasteiger partial charge in [-0.25, -0.2) is 19.9 Å². The monoisotopic (exact) mass is 724 g/mol. The molecule has 0 atom stereocenters. The summed E-state index contributed by atoms with van der Waals surface area (Å²) in [6.07, 6.45) is 0. The Hall–Kier alpha value is -6.60. The number of hydrogen-bond donors (Lipinski definition) is 0. The molecule has 0 bridgehead atoms. The number of nitrogens with zero attached hydrogens (tertiary/aromatic N) is 4. The average Bonchev–Trinajstić information content (AvgIpc) is 3.83. The molecule has 4 aromatic heterocycles. The molecule has 0 N–H and O–H groups in total. The molecule has 0 saturated heterocycles. The van der Waals surface area contributed by atoms with Gasteiger partial charge in [-0.2, -0.15) is 0 Å². The van der Waals surface area contributed by atoms with Crippen LogP contribution in [0.1, 0.15) is 0 Å². The predicted molar refractivity (Wildman–Crippen MR) is 228 cm³/mol. The Bertz CT molecular complexity index is 3200. The lowest BCUT2D eigenvalue weighted by molar-refractivity contribution is 1.07. The van der Waals surface area contributed by atoms with Gasteiger partial charge in [-0.15, -0.1) is 22.7 Å². The summed E-state index contributed by atoms with van der Waals surface area (Å²) in [5.74, 6) is 1.91. The Morgan fingerprint density at radius 1 is 0.315 bits per heavy atom. The molecular formula is C48H28N4S2. The maximum absolute atomic E-state index is 5.21. The first kappa shape index (κ1) is 31.0. The van der Waals surface area contributed by atoms with Crippen LogP contribution in [0, 0.1) is 0 Å². The van der Waals surface area contributed by atoms with Crippen LogP contribution in [0.3, 0.4) is 0 Å². The van der Waals surface area contributed by atoms with Gasteiger partial charge < -0.3 is 0 Å². The van der Waals surface area contributed by atoms with Crippen molar-refractivity contribution in [3.63, 3.8) is 0 Å². The lowest BCUT2D eigenvalue weighted by atomic mass is 10.0. The summed E-state index contributed by atoms with van der Waals surface area (Å²) < 4.78 is 5.07. The molecule has 0 radical (unpaired) electrons. The van der Waals surface area contributed by atoms with E-state index >= 15 is 0 Å². The second kappa shape index (κ2) is 12.5. The third-order valence-corrected chi connectivity index (χ3v) is 12.6. The molecule has 54 heavy (non-hydrogen) atoms. The van der Waals surface area contributed by atoms with Crippen LogP contribution in [0.5, 0.6) is 0 Å². The minimum atomic E-state index is 0.628. The Morgan fingerprint density at radius 3 is 1.52 bits per heavy atom. The van der Waals surface area contributed by atoms with E-state index < -0.39 is 0 Å². The zero-order valence-corrected chi connectivity index (χ0v) is 30.4. The van der Waals surface area contributed by atoms with Gasteiger partial charge in [0.05, 0.1) is 15.9 Å². The average molecular weight is 725 g/mol. The summed E-state index contributed by atoms with van der Waals surface area (Å²) >= 11 is 3.65. The van der Waals surface area contributed by atoms with Crippen molar-refractivity contribution in [3.05, 3.63) is 170 Å². The van der Waals surface area contributed by atoms with Gasteiger partial charge in [-0.05, 0) is 29.3 Å². The summed E-state index contributed by atoms with van der Waals surface area (Å²) in [7, 11) is 0. The largest absolute Gasteiger partial charge is 0.246 e. The van der Waals surface area contributed by atoms with E-state index in [1.807, 2.05) is 41.7 Å². The smallest absolute Gasteiger partial charge is 0.164 e. The number of benzene rings is 7. The molecule has 0 aliphatic carbocycles. The lowest BCUT2D eigenvalue weighted by Crippen LogP contribution is -2.00. The van der Waals surface area contributed by atoms with E-state index in [0.717, 1.165) is 33.5 Å². The second-order valence-electron chi connectivity index (χ2n) is 13.4. The van der Waals surface area contributed by atoms with Crippen LogP contribution in [0.15, 0.2) is 170 Å². The van der Waals surface area contributed by atoms with Gasteiger partial charge in [-0.1, -0.05) is 152 Å². The topological polar surface area (TPSA) is 51.6 Å². The Morgan fingerprint density at radius 2 is 0.815 bits per heavy atom. The maximum atomic E-state index is 5.21. The van der Waals surface area contributed by atoms with Crippen LogP contribution in [0.4, 0.5) is 0 Å². The standard InChI is InChI=1S/C48H28N4S2/c1-2-11-31(12-3-1)46-50-47(32-25-21-29(22-26-32)34-16-10-17-36-35-13-5-8-19-40(35)53-44(34)36)52-48(51-46)33-27-23-30(24-28-33)43-45-42(37-14-4-7-18-39(37)49-43)38-15-6-9-20-41(38)54-45/h1-28H. The molecule has 252 valence electrons. The number of aromatic nitrogens is 4. The Labute approximate surface area is 318 Å². The van der Waals surface area contributed by atoms with Crippen molar-refractivity contribution in [3.8, 4) is 56.5 Å². The molecule has 0 spiro atoms. The van der Waals surface area contributed by atoms with Crippen molar-refractivity contribution >= 4 is 73.9 Å². The van der Waals surface area contributed by atoms with Gasteiger partial charge in [0, 0.05) is 63.3 Å². The van der Waals surface area contributed by atoms with Crippen LogP contribution in [0.25, 0.3) is 108 Å². The van der Waals surface area contributed by atoms with Crippen LogP contribution in [-0.4, -0.2) is 19.9 Å². The summed E-state index contributed by atoms with van der Waals surface area (Å²) in [5.41, 5.74) is 8.24. The molecule has 0 aliphatic rings. The first-order valence-electron chi connectivity index (χ1n) is 17.9. The Kier molecular flexibility index (Phi) is 7.18. The normalized spacial score (nSPS) is 11.7. The molecule has 11 rings (SSSR count). The molecule has 6 heteroatoms. The highest BCUT2D eigenvalue weighted by atomic mass is 32.1. The maximum Gasteiger partial charge on any atom is 0.164 e. The van der Waals surface area contributed by atoms with E-state index in [1.54, 1.807) is 11.3 Å². The molecule has 0 unspecified atom stereocenters. The summed E-state index contributed by atoms with van der Waals surface area (Å²) in [4.78, 5) is 20.3.